The molecule has 2 atom stereocenters. The summed E-state index contributed by atoms with van der Waals surface area (Å²) in [6, 6.07) is 6.86. The molecule has 0 saturated carbocycles. The molecule has 1 saturated heterocycles. The average molecular weight is 361 g/mol. The molecular formula is C18H21ClN4O2. The lowest BCUT2D eigenvalue weighted by Gasteiger charge is -2.36. The van der Waals surface area contributed by atoms with Crippen molar-refractivity contribution in [1.82, 2.24) is 9.88 Å². The number of anilines is 1. The Morgan fingerprint density at radius 3 is 2.84 bits per heavy atom. The summed E-state index contributed by atoms with van der Waals surface area (Å²) in [5, 5.41) is 14.6. The summed E-state index contributed by atoms with van der Waals surface area (Å²) in [4.78, 5) is 18.8. The zero-order valence-electron chi connectivity index (χ0n) is 14.1. The molecule has 0 spiro atoms. The van der Waals surface area contributed by atoms with Crippen molar-refractivity contribution in [3.8, 4) is 0 Å². The van der Waals surface area contributed by atoms with Crippen molar-refractivity contribution in [1.29, 1.82) is 0 Å². The number of nitrogens with one attached hydrogen (secondary N) is 1. The molecule has 6 nitrogen and oxygen atoms in total. The predicted octanol–water partition coefficient (Wildman–Crippen LogP) is 2.58. The number of hydrogen-bond acceptors (Lipinski definition) is 4. The highest BCUT2D eigenvalue weighted by atomic mass is 35.5. The number of carbonyl (C=O) groups is 1. The summed E-state index contributed by atoms with van der Waals surface area (Å²) in [5.74, 6) is 0.748. The van der Waals surface area contributed by atoms with Gasteiger partial charge in [-0.15, -0.1) is 0 Å². The van der Waals surface area contributed by atoms with Gasteiger partial charge in [0.05, 0.1) is 11.1 Å². The molecule has 1 aliphatic rings. The van der Waals surface area contributed by atoms with Crippen LogP contribution in [0.1, 0.15) is 31.2 Å². The molecule has 1 amide bonds. The fourth-order valence-electron chi connectivity index (χ4n) is 3.17. The number of aromatic nitrogens is 2. The number of piperidine rings is 1. The number of halogens is 1. The van der Waals surface area contributed by atoms with Crippen LogP contribution in [0, 0.1) is 5.21 Å². The van der Waals surface area contributed by atoms with Crippen LogP contribution in [0.2, 0.25) is 5.02 Å². The van der Waals surface area contributed by atoms with Crippen LogP contribution in [0.25, 0.3) is 0 Å². The van der Waals surface area contributed by atoms with Gasteiger partial charge in [-0.3, -0.25) is 9.69 Å². The number of rotatable bonds is 4. The first-order valence-corrected chi connectivity index (χ1v) is 8.76. The minimum Gasteiger partial charge on any atom is -0.619 e. The molecule has 3 rings (SSSR count). The summed E-state index contributed by atoms with van der Waals surface area (Å²) >= 11 is 5.81. The summed E-state index contributed by atoms with van der Waals surface area (Å²) in [5.41, 5.74) is 1.14. The Balaban J connectivity index is 1.62. The van der Waals surface area contributed by atoms with E-state index in [9.17, 15) is 10.0 Å². The summed E-state index contributed by atoms with van der Waals surface area (Å²) in [6.07, 6.45) is 6.64. The maximum absolute atomic E-state index is 12.5. The topological polar surface area (TPSA) is 72.2 Å². The minimum absolute atomic E-state index is 0.0825. The highest BCUT2D eigenvalue weighted by Crippen LogP contribution is 2.27. The Morgan fingerprint density at radius 2 is 2.16 bits per heavy atom. The van der Waals surface area contributed by atoms with Gasteiger partial charge in [0.15, 0.2) is 12.4 Å². The fourth-order valence-corrected chi connectivity index (χ4v) is 3.28. The number of hydrogen-bond donors (Lipinski definition) is 1. The Hall–Kier alpha value is -2.18. The van der Waals surface area contributed by atoms with E-state index in [0.717, 1.165) is 36.2 Å². The first-order valence-electron chi connectivity index (χ1n) is 8.38. The summed E-state index contributed by atoms with van der Waals surface area (Å²) in [6.45, 7) is 3.59. The van der Waals surface area contributed by atoms with Gasteiger partial charge in [-0.25, -0.2) is 4.98 Å². The zero-order chi connectivity index (χ0) is 17.8. The Kier molecular flexibility index (Phi) is 5.50. The van der Waals surface area contributed by atoms with E-state index >= 15 is 0 Å². The van der Waals surface area contributed by atoms with Crippen LogP contribution in [0.4, 0.5) is 5.82 Å². The van der Waals surface area contributed by atoms with Gasteiger partial charge in [0.25, 0.3) is 0 Å². The van der Waals surface area contributed by atoms with E-state index in [0.29, 0.717) is 16.8 Å². The molecule has 1 aliphatic heterocycles. The molecule has 0 radical (unpaired) electrons. The molecular weight excluding hydrogens is 340 g/mol. The molecule has 0 unspecified atom stereocenters. The van der Waals surface area contributed by atoms with E-state index in [1.54, 1.807) is 12.1 Å². The molecule has 0 bridgehead atoms. The van der Waals surface area contributed by atoms with Gasteiger partial charge in [-0.2, -0.15) is 4.73 Å². The number of amides is 1. The predicted molar refractivity (Wildman–Crippen MR) is 96.3 cm³/mol. The maximum atomic E-state index is 12.5. The quantitative estimate of drug-likeness (QED) is 0.672. The molecule has 132 valence electrons. The van der Waals surface area contributed by atoms with E-state index in [-0.39, 0.29) is 11.9 Å². The van der Waals surface area contributed by atoms with Gasteiger partial charge in [-0.05, 0) is 49.9 Å². The van der Waals surface area contributed by atoms with Crippen molar-refractivity contribution >= 4 is 23.3 Å². The lowest BCUT2D eigenvalue weighted by molar-refractivity contribution is -0.605. The second kappa shape index (κ2) is 7.80. The molecule has 25 heavy (non-hydrogen) atoms. The first kappa shape index (κ1) is 17.6. The van der Waals surface area contributed by atoms with Crippen molar-refractivity contribution in [3.63, 3.8) is 0 Å². The molecule has 0 aliphatic carbocycles. The van der Waals surface area contributed by atoms with E-state index in [2.05, 4.69) is 15.2 Å². The van der Waals surface area contributed by atoms with E-state index < -0.39 is 0 Å². The van der Waals surface area contributed by atoms with Gasteiger partial charge in [0.1, 0.15) is 5.82 Å². The number of carbonyl (C=O) groups excluding carboxylic acids is 1. The fraction of sp³-hybridized carbons (Fsp3) is 0.389. The monoisotopic (exact) mass is 360 g/mol. The number of nitrogens with zero attached hydrogens (tertiary/aromatic N) is 3. The van der Waals surface area contributed by atoms with Crippen LogP contribution in [-0.2, 0) is 4.79 Å². The Labute approximate surface area is 152 Å². The van der Waals surface area contributed by atoms with Crippen LogP contribution in [0.3, 0.4) is 0 Å². The maximum Gasteiger partial charge on any atom is 0.242 e. The minimum atomic E-state index is -0.256. The van der Waals surface area contributed by atoms with E-state index in [1.807, 2.05) is 19.1 Å². The van der Waals surface area contributed by atoms with Crippen LogP contribution in [0.15, 0.2) is 42.9 Å². The van der Waals surface area contributed by atoms with Crippen molar-refractivity contribution < 1.29 is 9.52 Å². The normalized spacial score (nSPS) is 19.4. The Morgan fingerprint density at radius 1 is 1.40 bits per heavy atom. The molecule has 7 heteroatoms. The summed E-state index contributed by atoms with van der Waals surface area (Å²) < 4.78 is 0.791. The highest BCUT2D eigenvalue weighted by Gasteiger charge is 2.28. The van der Waals surface area contributed by atoms with Crippen molar-refractivity contribution in [3.05, 3.63) is 58.6 Å². The number of likely N-dealkylation sites (tertiary alicyclic amines) is 1. The van der Waals surface area contributed by atoms with E-state index in [4.69, 9.17) is 11.6 Å². The zero-order valence-corrected chi connectivity index (χ0v) is 14.8. The van der Waals surface area contributed by atoms with Crippen molar-refractivity contribution in [2.45, 2.75) is 31.7 Å². The van der Waals surface area contributed by atoms with Crippen LogP contribution >= 0.6 is 11.6 Å². The van der Waals surface area contributed by atoms with Gasteiger partial charge in [0, 0.05) is 24.9 Å². The second-order valence-electron chi connectivity index (χ2n) is 6.35. The third kappa shape index (κ3) is 4.46. The first-order chi connectivity index (χ1) is 12.0. The molecule has 2 aromatic heterocycles. The van der Waals surface area contributed by atoms with Crippen LogP contribution < -0.4 is 10.0 Å². The van der Waals surface area contributed by atoms with Gasteiger partial charge in [0.2, 0.25) is 5.91 Å². The second-order valence-corrected chi connectivity index (χ2v) is 6.79. The van der Waals surface area contributed by atoms with Gasteiger partial charge >= 0.3 is 0 Å². The van der Waals surface area contributed by atoms with Crippen LogP contribution in [-0.4, -0.2) is 34.9 Å². The molecule has 3 heterocycles. The molecule has 2 aromatic rings. The van der Waals surface area contributed by atoms with Gasteiger partial charge in [-0.1, -0.05) is 11.6 Å². The average Bonchev–Trinajstić information content (AvgIpc) is 2.63. The largest absolute Gasteiger partial charge is 0.619 e. The van der Waals surface area contributed by atoms with Crippen molar-refractivity contribution in [2.75, 3.05) is 18.4 Å². The smallest absolute Gasteiger partial charge is 0.242 e. The van der Waals surface area contributed by atoms with Crippen LogP contribution in [0.5, 0.6) is 0 Å². The van der Waals surface area contributed by atoms with Gasteiger partial charge < -0.3 is 10.5 Å². The standard InChI is InChI=1S/C18H21ClN4O2/c1-13(18(24)21-17-5-4-16(19)11-20-17)22-8-2-3-15(12-22)14-6-9-23(25)10-7-14/h4-7,9-11,13,15H,2-3,8,12H2,1H3,(H,20,21,24)/t13-,15+/m0/s1. The third-order valence-corrected chi connectivity index (χ3v) is 4.88. The molecule has 0 aromatic carbocycles. The lowest BCUT2D eigenvalue weighted by Crippen LogP contribution is -2.46. The molecule has 1 fully saturated rings. The highest BCUT2D eigenvalue weighted by molar-refractivity contribution is 6.30. The lowest BCUT2D eigenvalue weighted by atomic mass is 9.90. The SMILES string of the molecule is C[C@@H](C(=O)Nc1ccc(Cl)cn1)N1CCC[C@@H](c2cc[n+]([O-])cc2)C1. The van der Waals surface area contributed by atoms with E-state index in [1.165, 1.54) is 18.6 Å². The van der Waals surface area contributed by atoms with Crippen molar-refractivity contribution in [2.24, 2.45) is 0 Å². The summed E-state index contributed by atoms with van der Waals surface area (Å²) in [7, 11) is 0. The molecule has 1 N–H and O–H groups in total. The third-order valence-electron chi connectivity index (χ3n) is 4.66. The number of pyridine rings is 2. The Bertz CT molecular complexity index is 721.